The summed E-state index contributed by atoms with van der Waals surface area (Å²) >= 11 is 0. The molecular formula is C13H28N2. The van der Waals surface area contributed by atoms with Crippen LogP contribution in [0.2, 0.25) is 0 Å². The van der Waals surface area contributed by atoms with Crippen molar-refractivity contribution >= 4 is 0 Å². The van der Waals surface area contributed by atoms with E-state index in [-0.39, 0.29) is 0 Å². The number of nitrogens with zero attached hydrogens (tertiary/aromatic N) is 1. The number of hydrogen-bond donors (Lipinski definition) is 1. The molecule has 1 fully saturated rings. The summed E-state index contributed by atoms with van der Waals surface area (Å²) in [6.07, 6.45) is 1.35. The zero-order valence-electron chi connectivity index (χ0n) is 11.1. The standard InChI is InChI=1S/C13H28N2/c1-6-14-12(11(2)3)9-15-8-7-13(4,5)10-15/h11-12,14H,6-10H2,1-5H3. The Labute approximate surface area is 95.4 Å². The van der Waals surface area contributed by atoms with Gasteiger partial charge >= 0.3 is 0 Å². The monoisotopic (exact) mass is 212 g/mol. The number of hydrogen-bond acceptors (Lipinski definition) is 2. The van der Waals surface area contributed by atoms with E-state index < -0.39 is 0 Å². The quantitative estimate of drug-likeness (QED) is 0.752. The number of likely N-dealkylation sites (N-methyl/N-ethyl adjacent to an activating group) is 1. The Bertz CT molecular complexity index is 187. The van der Waals surface area contributed by atoms with Gasteiger partial charge in [-0.05, 0) is 30.8 Å². The maximum Gasteiger partial charge on any atom is 0.0217 e. The van der Waals surface area contributed by atoms with Crippen molar-refractivity contribution in [3.8, 4) is 0 Å². The minimum Gasteiger partial charge on any atom is -0.313 e. The summed E-state index contributed by atoms with van der Waals surface area (Å²) in [5.74, 6) is 0.730. The van der Waals surface area contributed by atoms with Gasteiger partial charge in [-0.1, -0.05) is 34.6 Å². The SMILES string of the molecule is CCNC(CN1CCC(C)(C)C1)C(C)C. The molecule has 0 amide bonds. The molecule has 1 aliphatic rings. The van der Waals surface area contributed by atoms with Gasteiger partial charge in [0.2, 0.25) is 0 Å². The lowest BCUT2D eigenvalue weighted by molar-refractivity contribution is 0.235. The maximum atomic E-state index is 3.59. The van der Waals surface area contributed by atoms with E-state index in [1.807, 2.05) is 0 Å². The van der Waals surface area contributed by atoms with Gasteiger partial charge in [-0.15, -0.1) is 0 Å². The van der Waals surface area contributed by atoms with Gasteiger partial charge in [0, 0.05) is 19.1 Å². The van der Waals surface area contributed by atoms with Gasteiger partial charge in [-0.3, -0.25) is 0 Å². The van der Waals surface area contributed by atoms with Crippen LogP contribution >= 0.6 is 0 Å². The molecule has 1 rings (SSSR count). The minimum atomic E-state index is 0.535. The predicted molar refractivity (Wildman–Crippen MR) is 67.1 cm³/mol. The number of nitrogens with one attached hydrogen (secondary N) is 1. The van der Waals surface area contributed by atoms with Crippen LogP contribution in [0.25, 0.3) is 0 Å². The van der Waals surface area contributed by atoms with Crippen molar-refractivity contribution in [2.45, 2.75) is 47.1 Å². The number of likely N-dealkylation sites (tertiary alicyclic amines) is 1. The molecule has 0 bridgehead atoms. The molecule has 0 aliphatic carbocycles. The molecule has 0 spiro atoms. The highest BCUT2D eigenvalue weighted by Gasteiger charge is 2.30. The molecule has 0 aromatic carbocycles. The Hall–Kier alpha value is -0.0800. The van der Waals surface area contributed by atoms with Gasteiger partial charge in [0.1, 0.15) is 0 Å². The zero-order valence-corrected chi connectivity index (χ0v) is 11.1. The third-order valence-electron chi connectivity index (χ3n) is 3.48. The Balaban J connectivity index is 2.39. The normalized spacial score (nSPS) is 23.6. The van der Waals surface area contributed by atoms with Crippen molar-refractivity contribution in [3.63, 3.8) is 0 Å². The highest BCUT2D eigenvalue weighted by molar-refractivity contribution is 4.85. The highest BCUT2D eigenvalue weighted by atomic mass is 15.2. The second kappa shape index (κ2) is 5.31. The largest absolute Gasteiger partial charge is 0.313 e. The molecule has 1 unspecified atom stereocenters. The van der Waals surface area contributed by atoms with Crippen LogP contribution in [-0.4, -0.2) is 37.1 Å². The Kier molecular flexibility index (Phi) is 4.60. The van der Waals surface area contributed by atoms with Crippen LogP contribution in [0.3, 0.4) is 0 Å². The fraction of sp³-hybridized carbons (Fsp3) is 1.00. The lowest BCUT2D eigenvalue weighted by atomic mass is 9.93. The van der Waals surface area contributed by atoms with Crippen molar-refractivity contribution in [3.05, 3.63) is 0 Å². The van der Waals surface area contributed by atoms with E-state index in [1.165, 1.54) is 26.1 Å². The van der Waals surface area contributed by atoms with Gasteiger partial charge < -0.3 is 10.2 Å². The molecular weight excluding hydrogens is 184 g/mol. The molecule has 90 valence electrons. The van der Waals surface area contributed by atoms with Crippen LogP contribution in [-0.2, 0) is 0 Å². The van der Waals surface area contributed by atoms with E-state index in [0.717, 1.165) is 12.5 Å². The van der Waals surface area contributed by atoms with E-state index in [0.29, 0.717) is 11.5 Å². The van der Waals surface area contributed by atoms with E-state index in [1.54, 1.807) is 0 Å². The summed E-state index contributed by atoms with van der Waals surface area (Å²) in [6.45, 7) is 16.4. The lowest BCUT2D eigenvalue weighted by Crippen LogP contribution is -2.43. The molecule has 0 aromatic heterocycles. The highest BCUT2D eigenvalue weighted by Crippen LogP contribution is 2.28. The van der Waals surface area contributed by atoms with Gasteiger partial charge in [0.15, 0.2) is 0 Å². The molecule has 2 heteroatoms. The first-order chi connectivity index (χ1) is 6.94. The minimum absolute atomic E-state index is 0.535. The summed E-state index contributed by atoms with van der Waals surface area (Å²) in [7, 11) is 0. The molecule has 0 aromatic rings. The second-order valence-electron chi connectivity index (χ2n) is 6.06. The first-order valence-electron chi connectivity index (χ1n) is 6.40. The first kappa shape index (κ1) is 13.0. The van der Waals surface area contributed by atoms with Crippen LogP contribution in [0.5, 0.6) is 0 Å². The van der Waals surface area contributed by atoms with Gasteiger partial charge in [-0.25, -0.2) is 0 Å². The van der Waals surface area contributed by atoms with E-state index in [9.17, 15) is 0 Å². The Morgan fingerprint density at radius 1 is 1.33 bits per heavy atom. The van der Waals surface area contributed by atoms with E-state index in [4.69, 9.17) is 0 Å². The van der Waals surface area contributed by atoms with Crippen LogP contribution in [0.4, 0.5) is 0 Å². The van der Waals surface area contributed by atoms with Crippen LogP contribution < -0.4 is 5.32 Å². The van der Waals surface area contributed by atoms with E-state index >= 15 is 0 Å². The molecule has 1 aliphatic heterocycles. The summed E-state index contributed by atoms with van der Waals surface area (Å²) in [5, 5.41) is 3.59. The van der Waals surface area contributed by atoms with Crippen LogP contribution in [0.15, 0.2) is 0 Å². The fourth-order valence-electron chi connectivity index (χ4n) is 2.43. The summed E-state index contributed by atoms with van der Waals surface area (Å²) in [4.78, 5) is 2.62. The third-order valence-corrected chi connectivity index (χ3v) is 3.48. The Morgan fingerprint density at radius 3 is 2.40 bits per heavy atom. The summed E-state index contributed by atoms with van der Waals surface area (Å²) in [5.41, 5.74) is 0.535. The predicted octanol–water partition coefficient (Wildman–Crippen LogP) is 2.35. The molecule has 1 heterocycles. The maximum absolute atomic E-state index is 3.59. The van der Waals surface area contributed by atoms with Crippen molar-refractivity contribution in [1.29, 1.82) is 0 Å². The third kappa shape index (κ3) is 4.12. The molecule has 1 N–H and O–H groups in total. The molecule has 15 heavy (non-hydrogen) atoms. The van der Waals surface area contributed by atoms with Gasteiger partial charge in [-0.2, -0.15) is 0 Å². The molecule has 0 saturated carbocycles. The van der Waals surface area contributed by atoms with Crippen LogP contribution in [0.1, 0.15) is 41.0 Å². The molecule has 2 nitrogen and oxygen atoms in total. The Morgan fingerprint density at radius 2 is 2.00 bits per heavy atom. The van der Waals surface area contributed by atoms with Crippen LogP contribution in [0, 0.1) is 11.3 Å². The van der Waals surface area contributed by atoms with Crippen molar-refractivity contribution in [2.75, 3.05) is 26.2 Å². The zero-order chi connectivity index (χ0) is 11.5. The van der Waals surface area contributed by atoms with Crippen molar-refractivity contribution in [2.24, 2.45) is 11.3 Å². The summed E-state index contributed by atoms with van der Waals surface area (Å²) < 4.78 is 0. The first-order valence-corrected chi connectivity index (χ1v) is 6.40. The average Bonchev–Trinajstić information content (AvgIpc) is 2.44. The lowest BCUT2D eigenvalue weighted by Gasteiger charge is -2.28. The van der Waals surface area contributed by atoms with Gasteiger partial charge in [0.25, 0.3) is 0 Å². The topological polar surface area (TPSA) is 15.3 Å². The second-order valence-corrected chi connectivity index (χ2v) is 6.06. The molecule has 1 saturated heterocycles. The smallest absolute Gasteiger partial charge is 0.0217 e. The fourth-order valence-corrected chi connectivity index (χ4v) is 2.43. The molecule has 0 radical (unpaired) electrons. The number of rotatable bonds is 5. The van der Waals surface area contributed by atoms with E-state index in [2.05, 4.69) is 44.8 Å². The van der Waals surface area contributed by atoms with Crippen molar-refractivity contribution < 1.29 is 0 Å². The summed E-state index contributed by atoms with van der Waals surface area (Å²) in [6, 6.07) is 0.656. The average molecular weight is 212 g/mol. The van der Waals surface area contributed by atoms with Gasteiger partial charge in [0.05, 0.1) is 0 Å². The van der Waals surface area contributed by atoms with Crippen molar-refractivity contribution in [1.82, 2.24) is 10.2 Å². The molecule has 1 atom stereocenters.